The number of nitrogens with zero attached hydrogens (tertiary/aromatic N) is 2. The molecule has 10 heteroatoms. The minimum absolute atomic E-state index is 0.0404. The van der Waals surface area contributed by atoms with Gasteiger partial charge in [-0.05, 0) is 61.1 Å². The Morgan fingerprint density at radius 1 is 0.949 bits per heavy atom. The summed E-state index contributed by atoms with van der Waals surface area (Å²) >= 11 is 0. The molecule has 212 valence electrons. The number of ether oxygens (including phenoxy) is 1. The minimum atomic E-state index is -1.26. The smallest absolute Gasteiger partial charge is 0.318 e. The molecule has 3 atom stereocenters. The molecule has 0 heterocycles. The zero-order valence-electron chi connectivity index (χ0n) is 23.3. The molecule has 0 spiro atoms. The van der Waals surface area contributed by atoms with E-state index in [-0.39, 0.29) is 31.1 Å². The van der Waals surface area contributed by atoms with E-state index in [0.29, 0.717) is 16.7 Å². The van der Waals surface area contributed by atoms with Gasteiger partial charge in [0, 0.05) is 20.5 Å². The molecule has 0 saturated carbocycles. The maximum atomic E-state index is 13.7. The molecule has 39 heavy (non-hydrogen) atoms. The predicted molar refractivity (Wildman–Crippen MR) is 144 cm³/mol. The van der Waals surface area contributed by atoms with Crippen LogP contribution in [0.5, 0.6) is 5.75 Å². The Bertz CT molecular complexity index is 1180. The van der Waals surface area contributed by atoms with E-state index in [2.05, 4.69) is 0 Å². The number of benzene rings is 2. The van der Waals surface area contributed by atoms with Crippen LogP contribution in [0.4, 0.5) is 4.39 Å². The van der Waals surface area contributed by atoms with Gasteiger partial charge in [-0.3, -0.25) is 19.2 Å². The first-order chi connectivity index (χ1) is 18.3. The third-order valence-electron chi connectivity index (χ3n) is 6.71. The molecule has 0 aliphatic carbocycles. The molecule has 0 fully saturated rings. The minimum Gasteiger partial charge on any atom is -0.508 e. The Morgan fingerprint density at radius 3 is 2.05 bits per heavy atom. The van der Waals surface area contributed by atoms with E-state index < -0.39 is 47.5 Å². The lowest BCUT2D eigenvalue weighted by atomic mass is 9.94. The van der Waals surface area contributed by atoms with Gasteiger partial charge < -0.3 is 25.4 Å². The van der Waals surface area contributed by atoms with Crippen LogP contribution in [0.3, 0.4) is 0 Å². The van der Waals surface area contributed by atoms with Crippen LogP contribution >= 0.6 is 0 Å². The summed E-state index contributed by atoms with van der Waals surface area (Å²) in [4.78, 5) is 55.0. The number of phenolic OH excluding ortho intramolecular Hbond substituents is 1. The van der Waals surface area contributed by atoms with Crippen molar-refractivity contribution in [2.24, 2.45) is 17.6 Å². The van der Waals surface area contributed by atoms with Crippen LogP contribution in [-0.4, -0.2) is 71.4 Å². The van der Waals surface area contributed by atoms with E-state index in [1.807, 2.05) is 0 Å². The van der Waals surface area contributed by atoms with Crippen LogP contribution < -0.4 is 5.73 Å². The number of halogens is 1. The Labute approximate surface area is 228 Å². The lowest BCUT2D eigenvalue weighted by Crippen LogP contribution is -2.57. The van der Waals surface area contributed by atoms with Crippen LogP contribution in [0.1, 0.15) is 37.5 Å². The molecule has 0 radical (unpaired) electrons. The molecule has 2 aromatic carbocycles. The lowest BCUT2D eigenvalue weighted by molar-refractivity contribution is -0.159. The summed E-state index contributed by atoms with van der Waals surface area (Å²) in [6, 6.07) is 8.25. The quantitative estimate of drug-likeness (QED) is 0.313. The average Bonchev–Trinajstić information content (AvgIpc) is 2.87. The van der Waals surface area contributed by atoms with Crippen molar-refractivity contribution in [3.05, 3.63) is 65.0 Å². The summed E-state index contributed by atoms with van der Waals surface area (Å²) in [5, 5.41) is 9.81. The van der Waals surface area contributed by atoms with E-state index in [1.165, 1.54) is 54.2 Å². The second-order valence-electron chi connectivity index (χ2n) is 9.97. The van der Waals surface area contributed by atoms with Crippen LogP contribution in [0.25, 0.3) is 0 Å². The summed E-state index contributed by atoms with van der Waals surface area (Å²) in [6.45, 7) is 6.90. The number of aryl methyl sites for hydroxylation is 1. The van der Waals surface area contributed by atoms with E-state index in [4.69, 9.17) is 10.5 Å². The highest BCUT2D eigenvalue weighted by molar-refractivity contribution is 6.00. The molecule has 0 aliphatic rings. The second kappa shape index (κ2) is 13.7. The van der Waals surface area contributed by atoms with Gasteiger partial charge in [0.15, 0.2) is 0 Å². The molecule has 0 bridgehead atoms. The van der Waals surface area contributed by atoms with Gasteiger partial charge in [-0.1, -0.05) is 38.1 Å². The Hall–Kier alpha value is -3.95. The molecule has 0 aliphatic heterocycles. The van der Waals surface area contributed by atoms with Gasteiger partial charge in [0.1, 0.15) is 29.6 Å². The van der Waals surface area contributed by atoms with Crippen LogP contribution in [-0.2, 0) is 36.8 Å². The number of esters is 1. The number of carbonyl (C=O) groups is 4. The summed E-state index contributed by atoms with van der Waals surface area (Å²) in [5.41, 5.74) is 7.53. The maximum Gasteiger partial charge on any atom is 0.318 e. The highest BCUT2D eigenvalue weighted by Gasteiger charge is 2.40. The van der Waals surface area contributed by atoms with Gasteiger partial charge in [-0.25, -0.2) is 4.39 Å². The first-order valence-electron chi connectivity index (χ1n) is 12.8. The maximum absolute atomic E-state index is 13.7. The number of carbonyl (C=O) groups excluding carboxylic acids is 4. The van der Waals surface area contributed by atoms with Crippen molar-refractivity contribution < 1.29 is 33.4 Å². The molecule has 9 nitrogen and oxygen atoms in total. The van der Waals surface area contributed by atoms with Crippen molar-refractivity contribution in [2.75, 3.05) is 20.7 Å². The summed E-state index contributed by atoms with van der Waals surface area (Å²) in [6.07, 6.45) is 0.0679. The van der Waals surface area contributed by atoms with E-state index in [1.54, 1.807) is 39.8 Å². The number of phenols is 1. The fourth-order valence-corrected chi connectivity index (χ4v) is 4.51. The lowest BCUT2D eigenvalue weighted by Gasteiger charge is -2.37. The molecule has 2 rings (SSSR count). The molecule has 3 amide bonds. The van der Waals surface area contributed by atoms with Gasteiger partial charge in [0.2, 0.25) is 17.7 Å². The number of hydrogen-bond donors (Lipinski definition) is 2. The molecule has 0 unspecified atom stereocenters. The fourth-order valence-electron chi connectivity index (χ4n) is 4.51. The van der Waals surface area contributed by atoms with E-state index in [9.17, 15) is 28.7 Å². The normalized spacial score (nSPS) is 13.3. The number of aromatic hydroxyl groups is 1. The van der Waals surface area contributed by atoms with Crippen molar-refractivity contribution in [3.8, 4) is 5.75 Å². The molecular formula is C29H38FN3O6. The molecular weight excluding hydrogens is 505 g/mol. The third-order valence-corrected chi connectivity index (χ3v) is 6.71. The van der Waals surface area contributed by atoms with Crippen molar-refractivity contribution in [3.63, 3.8) is 0 Å². The van der Waals surface area contributed by atoms with Crippen molar-refractivity contribution >= 4 is 23.7 Å². The van der Waals surface area contributed by atoms with E-state index in [0.717, 1.165) is 0 Å². The summed E-state index contributed by atoms with van der Waals surface area (Å²) < 4.78 is 18.5. The van der Waals surface area contributed by atoms with Gasteiger partial charge in [0.05, 0.1) is 6.61 Å². The van der Waals surface area contributed by atoms with E-state index >= 15 is 0 Å². The standard InChI is InChI=1S/C29H38FN3O6/c1-7-39-29(38)22(15-19-8-11-21(30)12-9-19)27(36)33(6)25(17(2)3)28(37)32(5)23(26(31)35)16-20-10-13-24(34)18(4)14-20/h8-14,17,22-23,25,34H,7,15-16H2,1-6H3,(H2,31,35)/t22-,23-,25-/m0/s1. The third kappa shape index (κ3) is 8.02. The van der Waals surface area contributed by atoms with Crippen LogP contribution in [0, 0.1) is 24.6 Å². The number of primary amides is 1. The Balaban J connectivity index is 2.34. The largest absolute Gasteiger partial charge is 0.508 e. The molecule has 0 saturated heterocycles. The highest BCUT2D eigenvalue weighted by atomic mass is 19.1. The van der Waals surface area contributed by atoms with Gasteiger partial charge in [-0.15, -0.1) is 0 Å². The van der Waals surface area contributed by atoms with Crippen LogP contribution in [0.2, 0.25) is 0 Å². The van der Waals surface area contributed by atoms with Crippen molar-refractivity contribution in [2.45, 2.75) is 52.6 Å². The number of rotatable bonds is 12. The predicted octanol–water partition coefficient (Wildman–Crippen LogP) is 2.60. The number of nitrogens with two attached hydrogens (primary N) is 1. The van der Waals surface area contributed by atoms with Crippen molar-refractivity contribution in [1.82, 2.24) is 9.80 Å². The number of hydrogen-bond acceptors (Lipinski definition) is 6. The molecule has 3 N–H and O–H groups in total. The summed E-state index contributed by atoms with van der Waals surface area (Å²) in [5.74, 6) is -4.62. The van der Waals surface area contributed by atoms with Gasteiger partial charge in [-0.2, -0.15) is 0 Å². The Kier molecular flexibility index (Phi) is 11.0. The van der Waals surface area contributed by atoms with Gasteiger partial charge >= 0.3 is 5.97 Å². The monoisotopic (exact) mass is 543 g/mol. The molecule has 2 aromatic rings. The first kappa shape index (κ1) is 31.3. The Morgan fingerprint density at radius 2 is 1.54 bits per heavy atom. The second-order valence-corrected chi connectivity index (χ2v) is 9.97. The zero-order valence-corrected chi connectivity index (χ0v) is 23.3. The first-order valence-corrected chi connectivity index (χ1v) is 12.8. The fraction of sp³-hybridized carbons (Fsp3) is 0.448. The summed E-state index contributed by atoms with van der Waals surface area (Å²) in [7, 11) is 2.87. The topological polar surface area (TPSA) is 130 Å². The highest BCUT2D eigenvalue weighted by Crippen LogP contribution is 2.22. The van der Waals surface area contributed by atoms with Gasteiger partial charge in [0.25, 0.3) is 0 Å². The van der Waals surface area contributed by atoms with Crippen LogP contribution in [0.15, 0.2) is 42.5 Å². The average molecular weight is 544 g/mol. The number of likely N-dealkylation sites (N-methyl/N-ethyl adjacent to an activating group) is 2. The zero-order chi connectivity index (χ0) is 29.4. The SMILES string of the molecule is CCOC(=O)[C@@H](Cc1ccc(F)cc1)C(=O)N(C)[C@H](C(=O)N(C)[C@@H](Cc1ccc(O)c(C)c1)C(N)=O)C(C)C. The number of amides is 3. The molecule has 0 aromatic heterocycles. The van der Waals surface area contributed by atoms with Crippen molar-refractivity contribution in [1.29, 1.82) is 0 Å².